The molecule has 0 fully saturated rings. The highest BCUT2D eigenvalue weighted by Gasteiger charge is 2.27. The average Bonchev–Trinajstić information content (AvgIpc) is 3.35. The van der Waals surface area contributed by atoms with E-state index in [1.165, 1.54) is 24.6 Å². The smallest absolute Gasteiger partial charge is 0.307 e. The molecule has 1 unspecified atom stereocenters. The van der Waals surface area contributed by atoms with Crippen LogP contribution in [0.2, 0.25) is 0 Å². The van der Waals surface area contributed by atoms with E-state index in [1.807, 2.05) is 32.9 Å². The number of carboxylic acids is 1. The lowest BCUT2D eigenvalue weighted by molar-refractivity contribution is -0.136. The standard InChI is InChI=1S/C28H26FN3O5S/c1-28(2,3)38(35)32-15-23-26(29)21(6-8-31-23)22-11-18(10-20-7-9-36-27(20)22)16-37-24-12-17(14-30)4-5-19(24)13-25(33)34/h4-12,32H,13,15-16H2,1-3H3,(H,33,34). The minimum atomic E-state index is -1.39. The van der Waals surface area contributed by atoms with Crippen molar-refractivity contribution in [3.63, 3.8) is 0 Å². The number of aliphatic carboxylic acids is 1. The van der Waals surface area contributed by atoms with Crippen LogP contribution in [-0.4, -0.2) is 25.4 Å². The fraction of sp³-hybridized carbons (Fsp3) is 0.250. The summed E-state index contributed by atoms with van der Waals surface area (Å²) in [5.74, 6) is -1.30. The number of halogens is 1. The SMILES string of the molecule is CC(C)(C)[S+]([O-])NCc1nccc(-c2cc(COc3cc(C#N)ccc3CC(=O)O)cc3ccoc23)c1F. The highest BCUT2D eigenvalue weighted by molar-refractivity contribution is 7.90. The van der Waals surface area contributed by atoms with Gasteiger partial charge in [-0.25, -0.2) is 4.39 Å². The molecule has 0 bridgehead atoms. The molecule has 2 N–H and O–H groups in total. The third-order valence-corrected chi connectivity index (χ3v) is 7.24. The van der Waals surface area contributed by atoms with Gasteiger partial charge in [-0.05, 0) is 62.7 Å². The summed E-state index contributed by atoms with van der Waals surface area (Å²) in [6.45, 7) is 5.48. The summed E-state index contributed by atoms with van der Waals surface area (Å²) < 4.78 is 41.9. The van der Waals surface area contributed by atoms with E-state index in [4.69, 9.17) is 9.15 Å². The van der Waals surface area contributed by atoms with Gasteiger partial charge in [0.1, 0.15) is 22.7 Å². The molecule has 38 heavy (non-hydrogen) atoms. The highest BCUT2D eigenvalue weighted by atomic mass is 32.2. The third kappa shape index (κ3) is 6.14. The molecule has 0 aliphatic heterocycles. The summed E-state index contributed by atoms with van der Waals surface area (Å²) in [7, 11) is 0. The number of rotatable bonds is 9. The Morgan fingerprint density at radius 1 is 1.24 bits per heavy atom. The van der Waals surface area contributed by atoms with Gasteiger partial charge in [0.25, 0.3) is 0 Å². The van der Waals surface area contributed by atoms with Gasteiger partial charge in [-0.3, -0.25) is 9.78 Å². The molecule has 2 aromatic carbocycles. The molecule has 8 nitrogen and oxygen atoms in total. The van der Waals surface area contributed by atoms with E-state index in [-0.39, 0.29) is 36.6 Å². The number of fused-ring (bicyclic) bond motifs is 1. The molecule has 0 spiro atoms. The van der Waals surface area contributed by atoms with Crippen LogP contribution in [0.25, 0.3) is 22.1 Å². The Hall–Kier alpha value is -3.91. The van der Waals surface area contributed by atoms with Crippen LogP contribution in [0, 0.1) is 17.1 Å². The van der Waals surface area contributed by atoms with Crippen LogP contribution in [0.4, 0.5) is 4.39 Å². The van der Waals surface area contributed by atoms with Gasteiger partial charge in [-0.15, -0.1) is 4.72 Å². The summed E-state index contributed by atoms with van der Waals surface area (Å²) in [6.07, 6.45) is 2.74. The summed E-state index contributed by atoms with van der Waals surface area (Å²) in [5, 5.41) is 19.2. The van der Waals surface area contributed by atoms with Crippen LogP contribution < -0.4 is 9.46 Å². The van der Waals surface area contributed by atoms with Crippen molar-refractivity contribution in [1.82, 2.24) is 9.71 Å². The number of nitrogens with zero attached hydrogens (tertiary/aromatic N) is 2. The molecule has 0 aliphatic carbocycles. The number of carbonyl (C=O) groups is 1. The first-order valence-corrected chi connectivity index (χ1v) is 12.9. The molecule has 1 atom stereocenters. The van der Waals surface area contributed by atoms with Crippen LogP contribution in [0.15, 0.2) is 59.3 Å². The zero-order chi connectivity index (χ0) is 27.4. The number of benzene rings is 2. The van der Waals surface area contributed by atoms with Crippen LogP contribution in [-0.2, 0) is 35.7 Å². The Morgan fingerprint density at radius 3 is 2.74 bits per heavy atom. The Labute approximate surface area is 222 Å². The molecule has 0 amide bonds. The zero-order valence-corrected chi connectivity index (χ0v) is 21.9. The van der Waals surface area contributed by atoms with Crippen molar-refractivity contribution < 1.29 is 28.0 Å². The molecular formula is C28H26FN3O5S. The number of aromatic nitrogens is 1. The molecule has 10 heteroatoms. The van der Waals surface area contributed by atoms with Crippen LogP contribution >= 0.6 is 0 Å². The Balaban J connectivity index is 1.66. The van der Waals surface area contributed by atoms with Crippen molar-refractivity contribution in [2.45, 2.75) is 45.1 Å². The number of ether oxygens (including phenoxy) is 1. The van der Waals surface area contributed by atoms with Gasteiger partial charge in [-0.2, -0.15) is 5.26 Å². The number of nitrogens with one attached hydrogen (secondary N) is 1. The lowest BCUT2D eigenvalue weighted by atomic mass is 10.00. The number of pyridine rings is 1. The monoisotopic (exact) mass is 535 g/mol. The van der Waals surface area contributed by atoms with Gasteiger partial charge >= 0.3 is 5.97 Å². The van der Waals surface area contributed by atoms with Crippen LogP contribution in [0.5, 0.6) is 5.75 Å². The van der Waals surface area contributed by atoms with Gasteiger partial charge < -0.3 is 18.8 Å². The van der Waals surface area contributed by atoms with Crippen LogP contribution in [0.1, 0.15) is 43.2 Å². The molecule has 196 valence electrons. The Kier molecular flexibility index (Phi) is 8.02. The maximum atomic E-state index is 15.6. The molecule has 0 radical (unpaired) electrons. The number of hydrogen-bond donors (Lipinski definition) is 2. The predicted molar refractivity (Wildman–Crippen MR) is 141 cm³/mol. The lowest BCUT2D eigenvalue weighted by Crippen LogP contribution is -2.39. The van der Waals surface area contributed by atoms with E-state index < -0.39 is 27.9 Å². The Bertz CT molecular complexity index is 1520. The van der Waals surface area contributed by atoms with Gasteiger partial charge in [-0.1, -0.05) is 6.07 Å². The first kappa shape index (κ1) is 27.1. The first-order chi connectivity index (χ1) is 18.1. The molecular weight excluding hydrogens is 509 g/mol. The second kappa shape index (κ2) is 11.2. The molecule has 2 aromatic heterocycles. The second-order valence-corrected chi connectivity index (χ2v) is 11.6. The van der Waals surface area contributed by atoms with E-state index in [1.54, 1.807) is 24.3 Å². The number of furan rings is 1. The van der Waals surface area contributed by atoms with Gasteiger partial charge in [0.2, 0.25) is 0 Å². The van der Waals surface area contributed by atoms with Crippen molar-refractivity contribution in [1.29, 1.82) is 5.26 Å². The Morgan fingerprint density at radius 2 is 2.03 bits per heavy atom. The zero-order valence-electron chi connectivity index (χ0n) is 21.1. The molecule has 2 heterocycles. The van der Waals surface area contributed by atoms with Crippen molar-refractivity contribution in [3.8, 4) is 22.9 Å². The summed E-state index contributed by atoms with van der Waals surface area (Å²) in [4.78, 5) is 15.4. The topological polar surface area (TPSA) is 131 Å². The fourth-order valence-electron chi connectivity index (χ4n) is 3.82. The third-order valence-electron chi connectivity index (χ3n) is 5.72. The minimum absolute atomic E-state index is 0.0186. The van der Waals surface area contributed by atoms with E-state index in [0.29, 0.717) is 27.8 Å². The van der Waals surface area contributed by atoms with Gasteiger partial charge in [0.15, 0.2) is 5.82 Å². The average molecular weight is 536 g/mol. The molecule has 0 saturated heterocycles. The van der Waals surface area contributed by atoms with Gasteiger partial charge in [0, 0.05) is 39.6 Å². The number of nitriles is 1. The van der Waals surface area contributed by atoms with Crippen molar-refractivity contribution in [2.24, 2.45) is 0 Å². The number of hydrogen-bond acceptors (Lipinski definition) is 7. The van der Waals surface area contributed by atoms with E-state index in [9.17, 15) is 19.7 Å². The molecule has 4 aromatic rings. The van der Waals surface area contributed by atoms with Crippen molar-refractivity contribution in [3.05, 3.63) is 83.1 Å². The fourth-order valence-corrected chi connectivity index (χ4v) is 4.53. The molecule has 4 rings (SSSR count). The lowest BCUT2D eigenvalue weighted by Gasteiger charge is -2.23. The van der Waals surface area contributed by atoms with Crippen LogP contribution in [0.3, 0.4) is 0 Å². The first-order valence-electron chi connectivity index (χ1n) is 11.7. The number of carboxylic acid groups (broad SMARTS) is 1. The maximum absolute atomic E-state index is 15.6. The normalized spacial score (nSPS) is 12.3. The van der Waals surface area contributed by atoms with Crippen molar-refractivity contribution in [2.75, 3.05) is 0 Å². The van der Waals surface area contributed by atoms with Crippen molar-refractivity contribution >= 4 is 28.3 Å². The maximum Gasteiger partial charge on any atom is 0.307 e. The largest absolute Gasteiger partial charge is 0.598 e. The summed E-state index contributed by atoms with van der Waals surface area (Å²) in [6, 6.07) is 13.5. The van der Waals surface area contributed by atoms with E-state index in [2.05, 4.69) is 9.71 Å². The summed E-state index contributed by atoms with van der Waals surface area (Å²) >= 11 is -1.39. The van der Waals surface area contributed by atoms with Gasteiger partial charge in [0.05, 0.1) is 36.6 Å². The predicted octanol–water partition coefficient (Wildman–Crippen LogP) is 5.26. The van der Waals surface area contributed by atoms with E-state index in [0.717, 1.165) is 5.39 Å². The highest BCUT2D eigenvalue weighted by Crippen LogP contribution is 2.34. The minimum Gasteiger partial charge on any atom is -0.598 e. The van der Waals surface area contributed by atoms with E-state index >= 15 is 4.39 Å². The quantitative estimate of drug-likeness (QED) is 0.277. The molecule has 0 aliphatic rings. The summed E-state index contributed by atoms with van der Waals surface area (Å²) in [5.41, 5.74) is 2.81. The molecule has 0 saturated carbocycles. The second-order valence-electron chi connectivity index (χ2n) is 9.60.